The maximum atomic E-state index is 9.21. The van der Waals surface area contributed by atoms with Gasteiger partial charge < -0.3 is 9.05 Å². The van der Waals surface area contributed by atoms with Crippen molar-refractivity contribution in [3.63, 3.8) is 0 Å². The first kappa shape index (κ1) is 43.4. The molecule has 0 amide bonds. The van der Waals surface area contributed by atoms with Gasteiger partial charge in [0, 0.05) is 10.3 Å². The molecule has 5 aromatic carbocycles. The Balaban J connectivity index is 1.11. The van der Waals surface area contributed by atoms with Crippen LogP contribution in [0.4, 0.5) is 0 Å². The van der Waals surface area contributed by atoms with Gasteiger partial charge in [-0.15, -0.1) is 5.10 Å². The molecule has 0 N–H and O–H groups in total. The zero-order chi connectivity index (χ0) is 41.1. The van der Waals surface area contributed by atoms with Crippen LogP contribution in [-0.2, 0) is 17.2 Å². The molecule has 0 aromatic heterocycles. The number of aryl methyl sites for hydroxylation is 2. The Morgan fingerprint density at radius 3 is 1.86 bits per heavy atom. The lowest BCUT2D eigenvalue weighted by molar-refractivity contribution is 0.414. The van der Waals surface area contributed by atoms with Crippen LogP contribution < -0.4 is 13.6 Å². The van der Waals surface area contributed by atoms with E-state index in [-0.39, 0.29) is 5.41 Å². The third-order valence-electron chi connectivity index (χ3n) is 10.2. The van der Waals surface area contributed by atoms with E-state index in [1.165, 1.54) is 71.9 Å². The lowest BCUT2D eigenvalue weighted by Crippen LogP contribution is -2.25. The van der Waals surface area contributed by atoms with Crippen molar-refractivity contribution in [2.24, 2.45) is 9.99 Å². The molecule has 0 saturated carbocycles. The van der Waals surface area contributed by atoms with Crippen LogP contribution in [0.2, 0.25) is 0 Å². The number of unbranched alkanes of at least 4 members (excludes halogenated alkanes) is 2. The van der Waals surface area contributed by atoms with Crippen molar-refractivity contribution < 1.29 is 13.6 Å². The van der Waals surface area contributed by atoms with E-state index in [2.05, 4.69) is 93.1 Å². The zero-order valence-electron chi connectivity index (χ0n) is 33.7. The van der Waals surface area contributed by atoms with Crippen LogP contribution in [0, 0.1) is 13.8 Å². The van der Waals surface area contributed by atoms with E-state index in [1.807, 2.05) is 79.7 Å². The Labute approximate surface area is 354 Å². The van der Waals surface area contributed by atoms with Crippen LogP contribution in [0.3, 0.4) is 0 Å². The molecule has 0 saturated heterocycles. The minimum Gasteiger partial charge on any atom is -0.435 e. The van der Waals surface area contributed by atoms with Gasteiger partial charge in [0.1, 0.15) is 18.9 Å². The molecule has 0 radical (unpaired) electrons. The van der Waals surface area contributed by atoms with E-state index in [0.717, 1.165) is 22.4 Å². The van der Waals surface area contributed by atoms with Crippen molar-refractivity contribution in [1.82, 2.24) is 4.78 Å². The SMILES string of the molecule is CCCCC1(CCCC)c2cc(C)ccc2-c2ccc(/C=C/c3ccc(OP(Oc4ccc(/C=N/N(C)[P+](=S)Oc5ccc(C)cc5)cc4)P(P)N=[N+]=[N-])cc3)cc21. The van der Waals surface area contributed by atoms with Crippen LogP contribution in [0.15, 0.2) is 119 Å². The van der Waals surface area contributed by atoms with E-state index < -0.39 is 22.6 Å². The molecule has 4 atom stereocenters. The highest BCUT2D eigenvalue weighted by atomic mass is 32.4. The third-order valence-corrected chi connectivity index (χ3v) is 17.1. The molecular weight excluding hydrogens is 814 g/mol. The molecule has 1 aliphatic rings. The van der Waals surface area contributed by atoms with Crippen molar-refractivity contribution in [2.45, 2.75) is 71.6 Å². The van der Waals surface area contributed by atoms with Gasteiger partial charge in [-0.2, -0.15) is 0 Å². The van der Waals surface area contributed by atoms with Crippen molar-refractivity contribution >= 4 is 61.7 Å². The molecule has 5 aromatic rings. The molecule has 0 fully saturated rings. The van der Waals surface area contributed by atoms with Crippen molar-refractivity contribution in [3.05, 3.63) is 159 Å². The average molecular weight is 865 g/mol. The van der Waals surface area contributed by atoms with Crippen LogP contribution in [0.5, 0.6) is 17.2 Å². The lowest BCUT2D eigenvalue weighted by atomic mass is 9.70. The van der Waals surface area contributed by atoms with Crippen LogP contribution in [-0.4, -0.2) is 18.0 Å². The minimum absolute atomic E-state index is 0.0554. The second-order valence-corrected chi connectivity index (χ2v) is 23.2. The van der Waals surface area contributed by atoms with E-state index in [9.17, 15) is 5.53 Å². The molecule has 13 heteroatoms. The summed E-state index contributed by atoms with van der Waals surface area (Å²) in [6.45, 7) is 8.83. The summed E-state index contributed by atoms with van der Waals surface area (Å²) in [5, 5.41) is 4.48. The van der Waals surface area contributed by atoms with Crippen LogP contribution >= 0.6 is 31.5 Å². The Morgan fingerprint density at radius 2 is 1.26 bits per heavy atom. The quantitative estimate of drug-likeness (QED) is 0.0157. The first-order valence-electron chi connectivity index (χ1n) is 19.5. The van der Waals surface area contributed by atoms with Gasteiger partial charge in [-0.05, 0) is 120 Å². The third kappa shape index (κ3) is 10.9. The lowest BCUT2D eigenvalue weighted by Gasteiger charge is -2.33. The van der Waals surface area contributed by atoms with Gasteiger partial charge in [-0.25, -0.2) is 0 Å². The molecule has 6 rings (SSSR count). The number of rotatable bonds is 19. The van der Waals surface area contributed by atoms with Crippen molar-refractivity contribution in [2.75, 3.05) is 7.05 Å². The van der Waals surface area contributed by atoms with E-state index in [1.54, 1.807) is 18.0 Å². The Hall–Kier alpha value is -4.17. The summed E-state index contributed by atoms with van der Waals surface area (Å²) in [5.41, 5.74) is 20.6. The summed E-state index contributed by atoms with van der Waals surface area (Å²) in [4.78, 5) is 6.95. The fraction of sp³-hybridized carbons (Fsp3) is 0.267. The topological polar surface area (TPSA) is 92.0 Å². The normalized spacial score (nSPS) is 14.0. The second kappa shape index (κ2) is 20.7. The van der Waals surface area contributed by atoms with Gasteiger partial charge in [-0.1, -0.05) is 142 Å². The summed E-state index contributed by atoms with van der Waals surface area (Å²) in [5.74, 6) is 1.94. The number of fused-ring (bicyclic) bond motifs is 3. The monoisotopic (exact) mass is 864 g/mol. The summed E-state index contributed by atoms with van der Waals surface area (Å²) in [7, 11) is 0.0450. The predicted octanol–water partition coefficient (Wildman–Crippen LogP) is 15.4. The number of azide groups is 1. The van der Waals surface area contributed by atoms with Gasteiger partial charge in [0.05, 0.1) is 13.3 Å². The highest BCUT2D eigenvalue weighted by molar-refractivity contribution is 8.50. The fourth-order valence-corrected chi connectivity index (χ4v) is 11.4. The average Bonchev–Trinajstić information content (AvgIpc) is 3.49. The number of hydrazone groups is 1. The molecule has 0 aliphatic heterocycles. The molecule has 0 bridgehead atoms. The van der Waals surface area contributed by atoms with E-state index in [0.29, 0.717) is 11.5 Å². The Kier molecular flexibility index (Phi) is 15.5. The maximum Gasteiger partial charge on any atom is 0.540 e. The highest BCUT2D eigenvalue weighted by Crippen LogP contribution is 2.75. The van der Waals surface area contributed by atoms with Gasteiger partial charge >= 0.3 is 15.1 Å². The summed E-state index contributed by atoms with van der Waals surface area (Å²) in [6, 6.07) is 37.2. The highest BCUT2D eigenvalue weighted by Gasteiger charge is 2.42. The molecule has 8 nitrogen and oxygen atoms in total. The van der Waals surface area contributed by atoms with Gasteiger partial charge in [0.15, 0.2) is 5.75 Å². The predicted molar refractivity (Wildman–Crippen MR) is 254 cm³/mol. The number of hydrogen-bond acceptors (Lipinski definition) is 6. The van der Waals surface area contributed by atoms with Gasteiger partial charge in [0.25, 0.3) is 0 Å². The minimum atomic E-state index is -1.62. The summed E-state index contributed by atoms with van der Waals surface area (Å²) in [6.07, 6.45) is 13.2. The Bertz CT molecular complexity index is 2290. The number of benzene rings is 5. The molecule has 4 unspecified atom stereocenters. The summed E-state index contributed by atoms with van der Waals surface area (Å²) < 4.78 is 20.1. The van der Waals surface area contributed by atoms with Crippen LogP contribution in [0.25, 0.3) is 33.7 Å². The summed E-state index contributed by atoms with van der Waals surface area (Å²) >= 11 is 5.54. The molecule has 0 heterocycles. The number of nitrogens with zero attached hydrogens (tertiary/aromatic N) is 5. The molecule has 58 heavy (non-hydrogen) atoms. The largest absolute Gasteiger partial charge is 0.540 e. The smallest absolute Gasteiger partial charge is 0.435 e. The molecular formula is C45H50N5O3P4S+. The van der Waals surface area contributed by atoms with Crippen LogP contribution in [0.1, 0.15) is 91.3 Å². The molecule has 0 spiro atoms. The Morgan fingerprint density at radius 1 is 0.741 bits per heavy atom. The van der Waals surface area contributed by atoms with Crippen molar-refractivity contribution in [1.29, 1.82) is 0 Å². The van der Waals surface area contributed by atoms with Gasteiger partial charge in [0.2, 0.25) is 11.8 Å². The van der Waals surface area contributed by atoms with Crippen molar-refractivity contribution in [3.8, 4) is 28.4 Å². The first-order valence-corrected chi connectivity index (χ1v) is 26.5. The first-order chi connectivity index (χ1) is 28.1. The second-order valence-electron chi connectivity index (χ2n) is 14.4. The standard InChI is InChI=1S/C45H50N5O3P4S/c1-6-8-28-45(29-9-7-2)43-30-34(4)12-26-41(43)42-27-19-36(31-44(42)45)14-13-35-15-22-39(23-16-35)52-57(55(54)49-48-46)53-40-24-17-37(18-25-40)32-47-50(5)56(58)51-38-20-10-33(3)11-21-38/h10-27,30-32H,6-9,28-29,54H2,1-5H3/q+1/b14-13+,47-32+. The van der Waals surface area contributed by atoms with E-state index >= 15 is 0 Å². The maximum absolute atomic E-state index is 9.21. The zero-order valence-corrected chi connectivity index (χ0v) is 38.3. The van der Waals surface area contributed by atoms with E-state index in [4.69, 9.17) is 25.4 Å². The molecule has 298 valence electrons. The van der Waals surface area contributed by atoms with Gasteiger partial charge in [-0.3, -0.25) is 4.52 Å². The fourth-order valence-electron chi connectivity index (χ4n) is 7.10. The number of hydrogen-bond donors (Lipinski definition) is 0. The molecule has 1 aliphatic carbocycles.